The first-order valence-electron chi connectivity index (χ1n) is 14.9. The van der Waals surface area contributed by atoms with Crippen LogP contribution in [-0.4, -0.2) is 82.1 Å². The lowest BCUT2D eigenvalue weighted by Gasteiger charge is -2.27. The molecule has 12 nitrogen and oxygen atoms in total. The molecule has 3 atom stereocenters. The van der Waals surface area contributed by atoms with Crippen LogP contribution in [-0.2, 0) is 23.1 Å². The SMILES string of the molecule is COCCOC(=O)Nc1cc2c(cn1)cc(-c1nc3cc(C(=O)N4CC5CCC4[C@@H]5N)cc(OC)c3n1C)n2CC1CC1. The molecule has 226 valence electrons. The third-order valence-corrected chi connectivity index (χ3v) is 9.22. The molecule has 1 saturated heterocycles. The van der Waals surface area contributed by atoms with Gasteiger partial charge in [0.05, 0.1) is 30.4 Å². The Kier molecular flexibility index (Phi) is 6.97. The van der Waals surface area contributed by atoms with Crippen LogP contribution in [0.1, 0.15) is 36.0 Å². The molecule has 1 aliphatic heterocycles. The molecule has 1 aromatic carbocycles. The van der Waals surface area contributed by atoms with Crippen LogP contribution in [0, 0.1) is 11.8 Å². The lowest BCUT2D eigenvalue weighted by Crippen LogP contribution is -2.41. The van der Waals surface area contributed by atoms with E-state index in [0.29, 0.717) is 47.6 Å². The highest BCUT2D eigenvalue weighted by Crippen LogP contribution is 2.40. The third kappa shape index (κ3) is 4.88. The smallest absolute Gasteiger partial charge is 0.412 e. The van der Waals surface area contributed by atoms with Gasteiger partial charge >= 0.3 is 6.09 Å². The van der Waals surface area contributed by atoms with Crippen LogP contribution in [0.5, 0.6) is 5.75 Å². The molecule has 43 heavy (non-hydrogen) atoms. The van der Waals surface area contributed by atoms with Gasteiger partial charge in [0.15, 0.2) is 5.82 Å². The largest absolute Gasteiger partial charge is 0.494 e. The van der Waals surface area contributed by atoms with Gasteiger partial charge in [-0.25, -0.2) is 14.8 Å². The number of aryl methyl sites for hydroxylation is 1. The van der Waals surface area contributed by atoms with E-state index in [1.165, 1.54) is 12.8 Å². The molecule has 2 aliphatic carbocycles. The second-order valence-electron chi connectivity index (χ2n) is 11.9. The van der Waals surface area contributed by atoms with Crippen molar-refractivity contribution in [2.24, 2.45) is 24.6 Å². The summed E-state index contributed by atoms with van der Waals surface area (Å²) in [4.78, 5) is 37.4. The minimum atomic E-state index is -0.582. The van der Waals surface area contributed by atoms with E-state index in [9.17, 15) is 9.59 Å². The molecule has 2 amide bonds. The van der Waals surface area contributed by atoms with E-state index >= 15 is 0 Å². The minimum Gasteiger partial charge on any atom is -0.494 e. The Morgan fingerprint density at radius 2 is 1.93 bits per heavy atom. The van der Waals surface area contributed by atoms with Gasteiger partial charge in [0.2, 0.25) is 0 Å². The van der Waals surface area contributed by atoms with Crippen LogP contribution < -0.4 is 15.8 Å². The van der Waals surface area contributed by atoms with Crippen molar-refractivity contribution in [1.82, 2.24) is 24.0 Å². The highest BCUT2D eigenvalue weighted by molar-refractivity contribution is 6.00. The number of imidazole rings is 1. The Bertz CT molecular complexity index is 1720. The first kappa shape index (κ1) is 27.7. The number of carbonyl (C=O) groups excluding carboxylic acids is 2. The lowest BCUT2D eigenvalue weighted by molar-refractivity contribution is 0.0700. The monoisotopic (exact) mass is 587 g/mol. The van der Waals surface area contributed by atoms with Crippen LogP contribution in [0.25, 0.3) is 33.5 Å². The van der Waals surface area contributed by atoms with Crippen molar-refractivity contribution in [3.8, 4) is 17.3 Å². The molecular formula is C31H37N7O5. The summed E-state index contributed by atoms with van der Waals surface area (Å²) in [5.41, 5.74) is 10.3. The van der Waals surface area contributed by atoms with Gasteiger partial charge in [-0.05, 0) is 55.7 Å². The topological polar surface area (TPSA) is 139 Å². The van der Waals surface area contributed by atoms with Crippen LogP contribution in [0.3, 0.4) is 0 Å². The molecule has 3 fully saturated rings. The molecule has 3 N–H and O–H groups in total. The summed E-state index contributed by atoms with van der Waals surface area (Å²) < 4.78 is 20.2. The van der Waals surface area contributed by atoms with Crippen molar-refractivity contribution in [3.63, 3.8) is 0 Å². The quantitative estimate of drug-likeness (QED) is 0.282. The average Bonchev–Trinajstić information content (AvgIpc) is 3.41. The maximum absolute atomic E-state index is 13.7. The van der Waals surface area contributed by atoms with Crippen LogP contribution in [0.2, 0.25) is 0 Å². The van der Waals surface area contributed by atoms with Crippen molar-refractivity contribution in [3.05, 3.63) is 36.0 Å². The van der Waals surface area contributed by atoms with E-state index in [0.717, 1.165) is 47.3 Å². The van der Waals surface area contributed by atoms with E-state index in [-0.39, 0.29) is 24.6 Å². The predicted molar refractivity (Wildman–Crippen MR) is 161 cm³/mol. The zero-order valence-corrected chi connectivity index (χ0v) is 24.7. The number of piperidine rings is 1. The summed E-state index contributed by atoms with van der Waals surface area (Å²) in [6.07, 6.45) is 5.55. The number of fused-ring (bicyclic) bond motifs is 4. The van der Waals surface area contributed by atoms with E-state index < -0.39 is 6.09 Å². The van der Waals surface area contributed by atoms with Crippen molar-refractivity contribution in [1.29, 1.82) is 0 Å². The average molecular weight is 588 g/mol. The highest BCUT2D eigenvalue weighted by atomic mass is 16.6. The van der Waals surface area contributed by atoms with Gasteiger partial charge in [0, 0.05) is 62.5 Å². The third-order valence-electron chi connectivity index (χ3n) is 9.22. The van der Waals surface area contributed by atoms with Crippen LogP contribution in [0.4, 0.5) is 10.6 Å². The Labute approximate surface area is 249 Å². The molecule has 2 bridgehead atoms. The summed E-state index contributed by atoms with van der Waals surface area (Å²) in [7, 11) is 5.14. The fourth-order valence-electron chi connectivity index (χ4n) is 6.79. The molecule has 2 unspecified atom stereocenters. The van der Waals surface area contributed by atoms with Crippen molar-refractivity contribution in [2.75, 3.05) is 39.3 Å². The van der Waals surface area contributed by atoms with E-state index in [4.69, 9.17) is 24.9 Å². The molecule has 12 heteroatoms. The lowest BCUT2D eigenvalue weighted by atomic mass is 10.1. The van der Waals surface area contributed by atoms with Gasteiger partial charge in [0.1, 0.15) is 23.7 Å². The molecule has 4 heterocycles. The van der Waals surface area contributed by atoms with Gasteiger partial charge in [-0.2, -0.15) is 0 Å². The minimum absolute atomic E-state index is 0.0234. The number of amides is 2. The first-order chi connectivity index (χ1) is 20.9. The number of hydrogen-bond donors (Lipinski definition) is 2. The maximum atomic E-state index is 13.7. The van der Waals surface area contributed by atoms with Crippen molar-refractivity contribution >= 4 is 39.8 Å². The zero-order chi connectivity index (χ0) is 29.8. The number of rotatable bonds is 9. The predicted octanol–water partition coefficient (Wildman–Crippen LogP) is 3.77. The van der Waals surface area contributed by atoms with Gasteiger partial charge < -0.3 is 34.0 Å². The van der Waals surface area contributed by atoms with Gasteiger partial charge in [-0.3, -0.25) is 10.1 Å². The van der Waals surface area contributed by atoms with Crippen LogP contribution >= 0.6 is 0 Å². The highest BCUT2D eigenvalue weighted by Gasteiger charge is 2.47. The van der Waals surface area contributed by atoms with Crippen molar-refractivity contribution in [2.45, 2.75) is 44.3 Å². The summed E-state index contributed by atoms with van der Waals surface area (Å²) >= 11 is 0. The maximum Gasteiger partial charge on any atom is 0.412 e. The van der Waals surface area contributed by atoms with E-state index in [1.807, 2.05) is 34.7 Å². The Hall–Kier alpha value is -4.16. The number of nitrogens with zero attached hydrogens (tertiary/aromatic N) is 5. The molecule has 7 rings (SSSR count). The van der Waals surface area contributed by atoms with Gasteiger partial charge in [-0.1, -0.05) is 0 Å². The molecule has 3 aromatic heterocycles. The molecule has 2 saturated carbocycles. The summed E-state index contributed by atoms with van der Waals surface area (Å²) in [6, 6.07) is 7.78. The molecule has 3 aliphatic rings. The Balaban J connectivity index is 1.26. The second kappa shape index (κ2) is 10.8. The molecule has 4 aromatic rings. The number of hydrogen-bond acceptors (Lipinski definition) is 8. The number of nitrogens with two attached hydrogens (primary N) is 1. The number of benzene rings is 1. The zero-order valence-electron chi connectivity index (χ0n) is 24.7. The number of nitrogens with one attached hydrogen (secondary N) is 1. The second-order valence-corrected chi connectivity index (χ2v) is 11.9. The summed E-state index contributed by atoms with van der Waals surface area (Å²) in [5.74, 6) is 2.69. The number of ether oxygens (including phenoxy) is 3. The summed E-state index contributed by atoms with van der Waals surface area (Å²) in [6.45, 7) is 2.00. The first-order valence-corrected chi connectivity index (χ1v) is 14.9. The van der Waals surface area contributed by atoms with Gasteiger partial charge in [-0.15, -0.1) is 0 Å². The number of anilines is 1. The molecule has 0 spiro atoms. The molecule has 0 radical (unpaired) electrons. The molecular weight excluding hydrogens is 550 g/mol. The summed E-state index contributed by atoms with van der Waals surface area (Å²) in [5, 5.41) is 3.65. The van der Waals surface area contributed by atoms with Gasteiger partial charge in [0.25, 0.3) is 5.91 Å². The fraction of sp³-hybridized carbons (Fsp3) is 0.484. The number of aromatic nitrogens is 4. The van der Waals surface area contributed by atoms with E-state index in [1.54, 1.807) is 20.4 Å². The normalized spacial score (nSPS) is 21.2. The number of methoxy groups -OCH3 is 2. The number of carbonyl (C=O) groups is 2. The van der Waals surface area contributed by atoms with Crippen LogP contribution in [0.15, 0.2) is 30.5 Å². The standard InChI is InChI=1S/C31H37N7O5/c1-36-28-21(10-19(12-25(28)42-3)30(39)38-16-18-6-7-22(38)27(18)32)34-29(36)24-11-20-14-33-26(35-31(40)43-9-8-41-2)13-23(20)37(24)15-17-4-5-17/h10-14,17-18,22,27H,4-9,15-16,32H2,1-3H3,(H,33,35,40)/t18?,22?,27-/m1/s1. The number of likely N-dealkylation sites (tertiary alicyclic amines) is 1. The Morgan fingerprint density at radius 3 is 2.63 bits per heavy atom. The van der Waals surface area contributed by atoms with Crippen molar-refractivity contribution < 1.29 is 23.8 Å². The number of pyridine rings is 1. The fourth-order valence-corrected chi connectivity index (χ4v) is 6.79. The van der Waals surface area contributed by atoms with E-state index in [2.05, 4.69) is 20.9 Å². The Morgan fingerprint density at radius 1 is 1.09 bits per heavy atom.